The number of anilines is 1. The number of rotatable bonds is 12. The first-order valence-electron chi connectivity index (χ1n) is 23.2. The number of benzene rings is 2. The van der Waals surface area contributed by atoms with Crippen molar-refractivity contribution in [1.29, 1.82) is 0 Å². The van der Waals surface area contributed by atoms with E-state index < -0.39 is 55.5 Å². The highest BCUT2D eigenvalue weighted by Gasteiger charge is 2.51. The van der Waals surface area contributed by atoms with Crippen molar-refractivity contribution in [2.45, 2.75) is 147 Å². The van der Waals surface area contributed by atoms with Gasteiger partial charge >= 0.3 is 12.1 Å². The molecule has 8 rings (SSSR count). The molecule has 0 unspecified atom stereocenters. The van der Waals surface area contributed by atoms with Crippen molar-refractivity contribution >= 4 is 41.7 Å². The fourth-order valence-electron chi connectivity index (χ4n) is 11.4. The van der Waals surface area contributed by atoms with Gasteiger partial charge in [0, 0.05) is 49.8 Å². The van der Waals surface area contributed by atoms with Crippen LogP contribution in [0.2, 0.25) is 16.6 Å². The number of carbonyl (C=O) groups excluding carboxylic acids is 1. The van der Waals surface area contributed by atoms with Crippen LogP contribution in [0.1, 0.15) is 100.0 Å². The lowest BCUT2D eigenvalue weighted by Gasteiger charge is -2.44. The van der Waals surface area contributed by atoms with Crippen LogP contribution < -0.4 is 19.8 Å². The zero-order valence-electron chi connectivity index (χ0n) is 39.7. The second-order valence-electron chi connectivity index (χ2n) is 20.4. The van der Waals surface area contributed by atoms with Crippen molar-refractivity contribution in [1.82, 2.24) is 30.3 Å². The molecule has 0 radical (unpaired) electrons. The number of pyridine rings is 1. The number of amides is 1. The molecule has 4 saturated heterocycles. The van der Waals surface area contributed by atoms with Crippen LogP contribution in [0.15, 0.2) is 30.5 Å². The van der Waals surface area contributed by atoms with Gasteiger partial charge in [-0.3, -0.25) is 15.3 Å². The molecule has 66 heavy (non-hydrogen) atoms. The third-order valence-corrected chi connectivity index (χ3v) is 20.5. The number of methoxy groups -OCH3 is 1. The summed E-state index contributed by atoms with van der Waals surface area (Å²) < 4.78 is 88.8. The van der Waals surface area contributed by atoms with Crippen molar-refractivity contribution in [3.63, 3.8) is 0 Å². The normalized spacial score (nSPS) is 23.6. The molecule has 4 aliphatic rings. The Morgan fingerprint density at radius 2 is 1.76 bits per heavy atom. The number of nitrogens with one attached hydrogen (secondary N) is 1. The zero-order valence-corrected chi connectivity index (χ0v) is 40.7. The lowest BCUT2D eigenvalue weighted by Crippen LogP contribution is -2.63. The predicted octanol–water partition coefficient (Wildman–Crippen LogP) is 10.0. The fraction of sp³-hybridized carbons (Fsp3) is 0.592. The quantitative estimate of drug-likeness (QED) is 0.0482. The summed E-state index contributed by atoms with van der Waals surface area (Å²) in [4.78, 5) is 31.0. The number of halogens is 4. The van der Waals surface area contributed by atoms with Crippen LogP contribution in [-0.4, -0.2) is 115 Å². The predicted molar refractivity (Wildman–Crippen MR) is 249 cm³/mol. The Labute approximate surface area is 386 Å². The summed E-state index contributed by atoms with van der Waals surface area (Å²) in [6, 6.07) is 4.99. The number of hydrogen-bond donors (Lipinski definition) is 1. The van der Waals surface area contributed by atoms with Crippen LogP contribution in [0.4, 0.5) is 28.2 Å². The monoisotopic (exact) mass is 933 g/mol. The second-order valence-corrected chi connectivity index (χ2v) is 26.0. The van der Waals surface area contributed by atoms with Crippen LogP contribution in [0.25, 0.3) is 32.9 Å². The standard InChI is InChI=1S/C49H63F4N7O5Si/c1-28(2)66(29(3)4,30(5)6)19-16-35-38(51)14-12-31-20-34(64-27-62-10)21-36(40(31)35)42-41(52)43-37(23-54-42)45(56-46(55-43)63-26-49-17-11-18-58(49)24-32(50)22-49)60-33-13-15-39(60)44(53)59(25-33)57-47(61)65-48(7,8)9/h12,14,20-21,23,28-30,32-33,39,44H,11,13,15,17-18,22,24-27H2,1-10H3,(H,57,61)/t32-,33+,39-,44+,49+/m1/s1. The van der Waals surface area contributed by atoms with Gasteiger partial charge in [-0.15, -0.1) is 5.54 Å². The first kappa shape index (κ1) is 47.7. The third kappa shape index (κ3) is 8.78. The van der Waals surface area contributed by atoms with Gasteiger partial charge in [-0.25, -0.2) is 22.4 Å². The van der Waals surface area contributed by atoms with Gasteiger partial charge in [0.05, 0.1) is 22.5 Å². The number of nitrogens with zero attached hydrogens (tertiary/aromatic N) is 6. The Hall–Kier alpha value is -4.76. The molecule has 4 aromatic rings. The number of piperazine rings is 1. The second kappa shape index (κ2) is 18.4. The van der Waals surface area contributed by atoms with E-state index in [0.29, 0.717) is 42.3 Å². The molecule has 1 amide bonds. The zero-order chi connectivity index (χ0) is 47.5. The van der Waals surface area contributed by atoms with Crippen molar-refractivity contribution in [3.8, 4) is 34.5 Å². The molecule has 4 aliphatic heterocycles. The average molecular weight is 934 g/mol. The molecule has 17 heteroatoms. The van der Waals surface area contributed by atoms with E-state index in [-0.39, 0.29) is 82.2 Å². The molecule has 2 bridgehead atoms. The first-order valence-corrected chi connectivity index (χ1v) is 25.5. The van der Waals surface area contributed by atoms with Crippen molar-refractivity contribution in [3.05, 3.63) is 47.7 Å². The molecular weight excluding hydrogens is 871 g/mol. The number of ether oxygens (including phenoxy) is 4. The number of hydrogen-bond acceptors (Lipinski definition) is 11. The fourth-order valence-corrected chi connectivity index (χ4v) is 16.6. The molecular formula is C49H63F4N7O5Si. The van der Waals surface area contributed by atoms with E-state index in [2.05, 4.69) is 63.3 Å². The van der Waals surface area contributed by atoms with Gasteiger partial charge < -0.3 is 23.8 Å². The van der Waals surface area contributed by atoms with Gasteiger partial charge in [0.25, 0.3) is 0 Å². The van der Waals surface area contributed by atoms with E-state index >= 15 is 13.2 Å². The smallest absolute Gasteiger partial charge is 0.422 e. The van der Waals surface area contributed by atoms with Gasteiger partial charge in [-0.1, -0.05) is 53.5 Å². The minimum Gasteiger partial charge on any atom is -0.468 e. The highest BCUT2D eigenvalue weighted by Crippen LogP contribution is 2.45. The van der Waals surface area contributed by atoms with E-state index in [0.717, 1.165) is 19.4 Å². The van der Waals surface area contributed by atoms with Crippen LogP contribution in [0.3, 0.4) is 0 Å². The Kier molecular flexibility index (Phi) is 13.3. The number of alkyl halides is 2. The lowest BCUT2D eigenvalue weighted by atomic mass is 9.95. The van der Waals surface area contributed by atoms with Crippen molar-refractivity contribution < 1.29 is 41.3 Å². The number of fused-ring (bicyclic) bond motifs is 5. The molecule has 0 saturated carbocycles. The van der Waals surface area contributed by atoms with Crippen LogP contribution in [0, 0.1) is 23.1 Å². The largest absolute Gasteiger partial charge is 0.468 e. The van der Waals surface area contributed by atoms with Crippen LogP contribution >= 0.6 is 0 Å². The minimum atomic E-state index is -2.36. The highest BCUT2D eigenvalue weighted by atomic mass is 28.3. The number of carbonyl (C=O) groups is 1. The summed E-state index contributed by atoms with van der Waals surface area (Å²) in [7, 11) is -0.873. The Morgan fingerprint density at radius 1 is 1.02 bits per heavy atom. The lowest BCUT2D eigenvalue weighted by molar-refractivity contribution is -0.0210. The minimum absolute atomic E-state index is 0.0723. The topological polar surface area (TPSA) is 114 Å². The molecule has 4 fully saturated rings. The van der Waals surface area contributed by atoms with Gasteiger partial charge in [0.1, 0.15) is 55.0 Å². The molecule has 6 heterocycles. The molecule has 5 atom stereocenters. The van der Waals surface area contributed by atoms with E-state index in [9.17, 15) is 9.18 Å². The molecule has 2 aromatic carbocycles. The van der Waals surface area contributed by atoms with Crippen molar-refractivity contribution in [2.24, 2.45) is 0 Å². The molecule has 12 nitrogen and oxygen atoms in total. The van der Waals surface area contributed by atoms with Gasteiger partial charge in [-0.2, -0.15) is 15.0 Å². The highest BCUT2D eigenvalue weighted by molar-refractivity contribution is 6.90. The number of aromatic nitrogens is 3. The number of hydrazine groups is 1. The summed E-state index contributed by atoms with van der Waals surface area (Å²) in [5.74, 6) is 2.46. The average Bonchev–Trinajstić information content (AvgIpc) is 3.90. The molecule has 1 N–H and O–H groups in total. The maximum atomic E-state index is 17.9. The van der Waals surface area contributed by atoms with Crippen LogP contribution in [0.5, 0.6) is 11.8 Å². The maximum Gasteiger partial charge on any atom is 0.422 e. The third-order valence-electron chi connectivity index (χ3n) is 14.2. The Bertz CT molecular complexity index is 2530. The summed E-state index contributed by atoms with van der Waals surface area (Å²) in [6.07, 6.45) is 0.852. The van der Waals surface area contributed by atoms with Gasteiger partial charge in [-0.05, 0) is 93.2 Å². The van der Waals surface area contributed by atoms with E-state index in [1.807, 2.05) is 4.90 Å². The summed E-state index contributed by atoms with van der Waals surface area (Å²) in [5.41, 5.74) is 5.76. The Balaban J connectivity index is 1.29. The van der Waals surface area contributed by atoms with E-state index in [1.165, 1.54) is 24.4 Å². The maximum absolute atomic E-state index is 17.9. The Morgan fingerprint density at radius 3 is 2.45 bits per heavy atom. The summed E-state index contributed by atoms with van der Waals surface area (Å²) in [5, 5.41) is 2.36. The molecule has 0 spiro atoms. The van der Waals surface area contributed by atoms with E-state index in [4.69, 9.17) is 33.9 Å². The SMILES string of the molecule is COCOc1cc(-c2ncc3c(N4[C@H]5CC[C@@H]4[C@@H](F)N(NC(=O)OC(C)(C)C)C5)nc(OC[C@@]45CCCN4C[C@H](F)C5)nc3c2F)c2c(C#C[Si](C(C)C)(C(C)C)C(C)C)c(F)ccc2c1. The van der Waals surface area contributed by atoms with Gasteiger partial charge in [0.2, 0.25) is 0 Å². The molecule has 2 aromatic heterocycles. The summed E-state index contributed by atoms with van der Waals surface area (Å²) in [6.45, 7) is 19.4. The van der Waals surface area contributed by atoms with Crippen LogP contribution in [-0.2, 0) is 9.47 Å². The van der Waals surface area contributed by atoms with Crippen molar-refractivity contribution in [2.75, 3.05) is 45.0 Å². The summed E-state index contributed by atoms with van der Waals surface area (Å²) >= 11 is 0. The van der Waals surface area contributed by atoms with E-state index in [1.54, 1.807) is 39.0 Å². The van der Waals surface area contributed by atoms with Gasteiger partial charge in [0.15, 0.2) is 18.9 Å². The first-order chi connectivity index (χ1) is 31.3. The molecule has 356 valence electrons. The molecule has 0 aliphatic carbocycles.